The van der Waals surface area contributed by atoms with E-state index in [1.165, 1.54) is 0 Å². The Hall–Kier alpha value is -3.85. The Labute approximate surface area is 162 Å². The molecular formula is C22H19N3O3. The van der Waals surface area contributed by atoms with Gasteiger partial charge in [0.05, 0.1) is 0 Å². The summed E-state index contributed by atoms with van der Waals surface area (Å²) in [6.45, 7) is 0.540. The number of carbonyl (C=O) groups is 2. The zero-order valence-corrected chi connectivity index (χ0v) is 15.1. The minimum Gasteiger partial charge on any atom is -0.481 e. The van der Waals surface area contributed by atoms with Crippen LogP contribution in [0.2, 0.25) is 0 Å². The molecule has 0 aliphatic heterocycles. The van der Waals surface area contributed by atoms with Crippen LogP contribution in [0.5, 0.6) is 0 Å². The van der Waals surface area contributed by atoms with Crippen LogP contribution >= 0.6 is 0 Å². The van der Waals surface area contributed by atoms with Crippen molar-refractivity contribution in [2.75, 3.05) is 5.32 Å². The number of benzene rings is 2. The van der Waals surface area contributed by atoms with Crippen molar-refractivity contribution in [1.29, 1.82) is 5.26 Å². The maximum absolute atomic E-state index is 12.5. The molecule has 0 aliphatic carbocycles. The Bertz CT molecular complexity index is 1080. The van der Waals surface area contributed by atoms with Crippen LogP contribution in [0.3, 0.4) is 0 Å². The van der Waals surface area contributed by atoms with Crippen molar-refractivity contribution in [2.45, 2.75) is 19.4 Å². The van der Waals surface area contributed by atoms with Gasteiger partial charge in [0, 0.05) is 41.3 Å². The highest BCUT2D eigenvalue weighted by Gasteiger charge is 2.13. The van der Waals surface area contributed by atoms with Gasteiger partial charge in [0.15, 0.2) is 0 Å². The second kappa shape index (κ2) is 8.69. The summed E-state index contributed by atoms with van der Waals surface area (Å²) in [4.78, 5) is 23.2. The number of nitrogens with one attached hydrogen (secondary N) is 1. The number of aryl methyl sites for hydroxylation is 1. The second-order valence-electron chi connectivity index (χ2n) is 6.28. The summed E-state index contributed by atoms with van der Waals surface area (Å²) in [7, 11) is 0. The maximum atomic E-state index is 12.5. The van der Waals surface area contributed by atoms with E-state index in [1.807, 2.05) is 47.2 Å². The number of fused-ring (bicyclic) bond motifs is 1. The number of aliphatic carboxylic acids is 1. The summed E-state index contributed by atoms with van der Waals surface area (Å²) in [6, 6.07) is 18.5. The van der Waals surface area contributed by atoms with Gasteiger partial charge in [-0.15, -0.1) is 0 Å². The largest absolute Gasteiger partial charge is 0.481 e. The molecule has 0 atom stereocenters. The molecule has 0 radical (unpaired) electrons. The van der Waals surface area contributed by atoms with E-state index in [0.717, 1.165) is 16.5 Å². The lowest BCUT2D eigenvalue weighted by atomic mass is 10.1. The molecule has 1 heterocycles. The van der Waals surface area contributed by atoms with Gasteiger partial charge in [0.25, 0.3) is 5.91 Å². The fourth-order valence-corrected chi connectivity index (χ4v) is 3.00. The number of carbonyl (C=O) groups excluding carboxylic acids is 1. The normalized spacial score (nSPS) is 11.2. The van der Waals surface area contributed by atoms with Crippen LogP contribution < -0.4 is 5.32 Å². The van der Waals surface area contributed by atoms with E-state index >= 15 is 0 Å². The minimum atomic E-state index is -0.832. The fraction of sp³-hybridized carbons (Fsp3) is 0.136. The van der Waals surface area contributed by atoms with E-state index in [1.54, 1.807) is 30.3 Å². The summed E-state index contributed by atoms with van der Waals surface area (Å²) < 4.78 is 1.95. The molecule has 0 saturated carbocycles. The average Bonchev–Trinajstić information content (AvgIpc) is 3.04. The number of carboxylic acid groups (broad SMARTS) is 1. The zero-order chi connectivity index (χ0) is 19.9. The average molecular weight is 373 g/mol. The third kappa shape index (κ3) is 4.46. The van der Waals surface area contributed by atoms with E-state index in [-0.39, 0.29) is 12.0 Å². The highest BCUT2D eigenvalue weighted by Crippen LogP contribution is 2.24. The quantitative estimate of drug-likeness (QED) is 0.482. The van der Waals surface area contributed by atoms with Crippen molar-refractivity contribution in [3.63, 3.8) is 0 Å². The molecule has 3 aromatic rings. The maximum Gasteiger partial charge on any atom is 0.303 e. The van der Waals surface area contributed by atoms with E-state index < -0.39 is 11.9 Å². The first-order chi connectivity index (χ1) is 13.6. The summed E-state index contributed by atoms with van der Waals surface area (Å²) in [5.74, 6) is -1.31. The van der Waals surface area contributed by atoms with Crippen molar-refractivity contribution >= 4 is 34.5 Å². The standard InChI is InChI=1S/C22H19N3O3/c23-14-16(22(28)24-18-7-2-1-3-8-18)13-17-15-25(12-6-11-21(26)27)20-10-5-4-9-19(17)20/h1-5,7-10,13,15H,6,11-12H2,(H,24,28)(H,26,27)/b16-13+. The van der Waals surface area contributed by atoms with E-state index in [2.05, 4.69) is 5.32 Å². The minimum absolute atomic E-state index is 0.00251. The Balaban J connectivity index is 1.89. The topological polar surface area (TPSA) is 95.1 Å². The fourth-order valence-electron chi connectivity index (χ4n) is 3.00. The Morgan fingerprint density at radius 3 is 2.54 bits per heavy atom. The molecule has 28 heavy (non-hydrogen) atoms. The molecule has 0 fully saturated rings. The molecule has 2 aromatic carbocycles. The Morgan fingerprint density at radius 1 is 1.11 bits per heavy atom. The monoisotopic (exact) mass is 373 g/mol. The first kappa shape index (κ1) is 18.9. The molecule has 1 amide bonds. The highest BCUT2D eigenvalue weighted by molar-refractivity contribution is 6.10. The predicted molar refractivity (Wildman–Crippen MR) is 107 cm³/mol. The summed E-state index contributed by atoms with van der Waals surface area (Å²) in [5.41, 5.74) is 2.28. The Morgan fingerprint density at radius 2 is 1.82 bits per heavy atom. The molecule has 140 valence electrons. The zero-order valence-electron chi connectivity index (χ0n) is 15.1. The highest BCUT2D eigenvalue weighted by atomic mass is 16.4. The van der Waals surface area contributed by atoms with Gasteiger partial charge in [-0.2, -0.15) is 5.26 Å². The number of amides is 1. The summed E-state index contributed by atoms with van der Waals surface area (Å²) in [5, 5.41) is 21.9. The van der Waals surface area contributed by atoms with Gasteiger partial charge in [0.2, 0.25) is 0 Å². The number of nitrogens with zero attached hydrogens (tertiary/aromatic N) is 2. The van der Waals surface area contributed by atoms with Gasteiger partial charge in [0.1, 0.15) is 11.6 Å². The number of anilines is 1. The van der Waals surface area contributed by atoms with Crippen molar-refractivity contribution in [2.24, 2.45) is 0 Å². The van der Waals surface area contributed by atoms with Crippen LogP contribution in [0.1, 0.15) is 18.4 Å². The van der Waals surface area contributed by atoms with Crippen molar-refractivity contribution < 1.29 is 14.7 Å². The molecular weight excluding hydrogens is 354 g/mol. The molecule has 6 heteroatoms. The summed E-state index contributed by atoms with van der Waals surface area (Å²) >= 11 is 0. The molecule has 2 N–H and O–H groups in total. The van der Waals surface area contributed by atoms with Crippen molar-refractivity contribution in [3.8, 4) is 6.07 Å². The van der Waals surface area contributed by atoms with Crippen LogP contribution in [-0.4, -0.2) is 21.6 Å². The van der Waals surface area contributed by atoms with Crippen LogP contribution in [0.25, 0.3) is 17.0 Å². The van der Waals surface area contributed by atoms with E-state index in [4.69, 9.17) is 5.11 Å². The van der Waals surface area contributed by atoms with Gasteiger partial charge in [-0.1, -0.05) is 36.4 Å². The lowest BCUT2D eigenvalue weighted by molar-refractivity contribution is -0.137. The number of nitriles is 1. The molecule has 0 aliphatic rings. The Kier molecular flexibility index (Phi) is 5.87. The number of para-hydroxylation sites is 2. The lowest BCUT2D eigenvalue weighted by Gasteiger charge is -2.03. The van der Waals surface area contributed by atoms with Crippen molar-refractivity contribution in [1.82, 2.24) is 4.57 Å². The SMILES string of the molecule is N#C/C(=C\c1cn(CCCC(=O)O)c2ccccc12)C(=O)Nc1ccccc1. The number of carboxylic acids is 1. The molecule has 3 rings (SSSR count). The molecule has 0 spiro atoms. The van der Waals surface area contributed by atoms with Crippen LogP contribution in [0, 0.1) is 11.3 Å². The molecule has 0 saturated heterocycles. The van der Waals surface area contributed by atoms with Crippen LogP contribution in [0.15, 0.2) is 66.4 Å². The van der Waals surface area contributed by atoms with Crippen LogP contribution in [-0.2, 0) is 16.1 Å². The van der Waals surface area contributed by atoms with Gasteiger partial charge in [-0.25, -0.2) is 0 Å². The first-order valence-corrected chi connectivity index (χ1v) is 8.86. The molecule has 6 nitrogen and oxygen atoms in total. The van der Waals surface area contributed by atoms with Gasteiger partial charge < -0.3 is 15.0 Å². The van der Waals surface area contributed by atoms with Crippen molar-refractivity contribution in [3.05, 3.63) is 71.9 Å². The lowest BCUT2D eigenvalue weighted by Crippen LogP contribution is -2.13. The van der Waals surface area contributed by atoms with E-state index in [9.17, 15) is 14.9 Å². The molecule has 1 aromatic heterocycles. The first-order valence-electron chi connectivity index (χ1n) is 8.86. The third-order valence-corrected chi connectivity index (χ3v) is 4.31. The van der Waals surface area contributed by atoms with Crippen LogP contribution in [0.4, 0.5) is 5.69 Å². The molecule has 0 bridgehead atoms. The number of hydrogen-bond donors (Lipinski definition) is 2. The number of hydrogen-bond acceptors (Lipinski definition) is 3. The van der Waals surface area contributed by atoms with Gasteiger partial charge >= 0.3 is 5.97 Å². The smallest absolute Gasteiger partial charge is 0.303 e. The number of rotatable bonds is 7. The summed E-state index contributed by atoms with van der Waals surface area (Å²) in [6.07, 6.45) is 3.99. The molecule has 0 unspecified atom stereocenters. The van der Waals surface area contributed by atoms with E-state index in [0.29, 0.717) is 18.7 Å². The number of aromatic nitrogens is 1. The third-order valence-electron chi connectivity index (χ3n) is 4.31. The van der Waals surface area contributed by atoms with Gasteiger partial charge in [-0.05, 0) is 30.7 Å². The second-order valence-corrected chi connectivity index (χ2v) is 6.28. The van der Waals surface area contributed by atoms with Gasteiger partial charge in [-0.3, -0.25) is 9.59 Å². The predicted octanol–water partition coefficient (Wildman–Crippen LogP) is 4.05.